The zero-order valence-corrected chi connectivity index (χ0v) is 10.6. The third-order valence-corrected chi connectivity index (χ3v) is 3.55. The van der Waals surface area contributed by atoms with E-state index in [1.54, 1.807) is 12.1 Å². The molecule has 1 aliphatic rings. The van der Waals surface area contributed by atoms with E-state index in [4.69, 9.17) is 0 Å². The number of carbonyl (C=O) groups is 1. The summed E-state index contributed by atoms with van der Waals surface area (Å²) >= 11 is 0. The summed E-state index contributed by atoms with van der Waals surface area (Å²) in [5.41, 5.74) is 0.540. The van der Waals surface area contributed by atoms with E-state index in [9.17, 15) is 20.1 Å². The Balaban J connectivity index is 2.06. The van der Waals surface area contributed by atoms with E-state index in [2.05, 4.69) is 5.32 Å². The minimum absolute atomic E-state index is 0.0598. The van der Waals surface area contributed by atoms with Crippen LogP contribution in [0.1, 0.15) is 37.3 Å². The third-order valence-electron chi connectivity index (χ3n) is 3.55. The van der Waals surface area contributed by atoms with Crippen LogP contribution in [-0.4, -0.2) is 33.4 Å². The highest BCUT2D eigenvalue weighted by Gasteiger charge is 2.26. The predicted octanol–water partition coefficient (Wildman–Crippen LogP) is 1.41. The number of hydrogen-bond donors (Lipinski definition) is 4. The van der Waals surface area contributed by atoms with Crippen LogP contribution in [0.15, 0.2) is 24.3 Å². The fourth-order valence-electron chi connectivity index (χ4n) is 2.49. The van der Waals surface area contributed by atoms with Crippen molar-refractivity contribution < 1.29 is 20.1 Å². The molecule has 1 atom stereocenters. The van der Waals surface area contributed by atoms with Gasteiger partial charge in [-0.2, -0.15) is 0 Å². The highest BCUT2D eigenvalue weighted by Crippen LogP contribution is 2.24. The lowest BCUT2D eigenvalue weighted by molar-refractivity contribution is -0.140. The molecule has 4 N–H and O–H groups in total. The van der Waals surface area contributed by atoms with E-state index in [-0.39, 0.29) is 17.9 Å². The van der Waals surface area contributed by atoms with E-state index in [0.717, 1.165) is 12.8 Å². The van der Waals surface area contributed by atoms with Crippen LogP contribution >= 0.6 is 0 Å². The first-order valence-corrected chi connectivity index (χ1v) is 6.52. The molecule has 2 rings (SSSR count). The normalized spacial score (nSPS) is 24.9. The number of hydrogen-bond acceptors (Lipinski definition) is 4. The summed E-state index contributed by atoms with van der Waals surface area (Å²) in [5.74, 6) is -0.902. The first-order valence-electron chi connectivity index (χ1n) is 6.52. The van der Waals surface area contributed by atoms with Gasteiger partial charge in [0.05, 0.1) is 6.10 Å². The van der Waals surface area contributed by atoms with Crippen molar-refractivity contribution in [3.63, 3.8) is 0 Å². The summed E-state index contributed by atoms with van der Waals surface area (Å²) in [6.45, 7) is 0. The van der Waals surface area contributed by atoms with Crippen molar-refractivity contribution in [2.24, 2.45) is 0 Å². The number of aliphatic hydroxyl groups is 1. The molecule has 0 bridgehead atoms. The average molecular weight is 265 g/mol. The van der Waals surface area contributed by atoms with Gasteiger partial charge in [0, 0.05) is 6.04 Å². The van der Waals surface area contributed by atoms with E-state index < -0.39 is 12.0 Å². The van der Waals surface area contributed by atoms with Gasteiger partial charge in [-0.25, -0.2) is 0 Å². The summed E-state index contributed by atoms with van der Waals surface area (Å²) in [6.07, 6.45) is 2.67. The molecule has 1 unspecified atom stereocenters. The number of aliphatic carboxylic acids is 1. The first-order chi connectivity index (χ1) is 9.06. The SMILES string of the molecule is O=C(O)C(NC1CCC(O)CC1)c1cccc(O)c1. The quantitative estimate of drug-likeness (QED) is 0.661. The van der Waals surface area contributed by atoms with Crippen molar-refractivity contribution in [3.8, 4) is 5.75 Å². The summed E-state index contributed by atoms with van der Waals surface area (Å²) in [6, 6.07) is 5.55. The van der Waals surface area contributed by atoms with Crippen LogP contribution in [0.5, 0.6) is 5.75 Å². The Morgan fingerprint density at radius 2 is 1.95 bits per heavy atom. The van der Waals surface area contributed by atoms with Gasteiger partial charge in [-0.15, -0.1) is 0 Å². The van der Waals surface area contributed by atoms with E-state index in [1.807, 2.05) is 0 Å². The molecule has 1 aliphatic carbocycles. The Morgan fingerprint density at radius 1 is 1.26 bits per heavy atom. The van der Waals surface area contributed by atoms with Gasteiger partial charge >= 0.3 is 5.97 Å². The molecule has 1 fully saturated rings. The maximum absolute atomic E-state index is 11.4. The lowest BCUT2D eigenvalue weighted by atomic mass is 9.92. The summed E-state index contributed by atoms with van der Waals surface area (Å²) < 4.78 is 0. The Hall–Kier alpha value is -1.59. The van der Waals surface area contributed by atoms with Crippen molar-refractivity contribution >= 4 is 5.97 Å². The van der Waals surface area contributed by atoms with Crippen molar-refractivity contribution in [1.29, 1.82) is 0 Å². The van der Waals surface area contributed by atoms with Crippen LogP contribution in [0.2, 0.25) is 0 Å². The largest absolute Gasteiger partial charge is 0.508 e. The Labute approximate surface area is 111 Å². The first kappa shape index (κ1) is 13.8. The molecule has 1 aromatic carbocycles. The number of carboxylic acid groups (broad SMARTS) is 1. The minimum atomic E-state index is -0.961. The second kappa shape index (κ2) is 6.04. The monoisotopic (exact) mass is 265 g/mol. The van der Waals surface area contributed by atoms with Crippen molar-refractivity contribution in [1.82, 2.24) is 5.32 Å². The molecule has 5 heteroatoms. The van der Waals surface area contributed by atoms with Gasteiger partial charge in [-0.1, -0.05) is 12.1 Å². The molecular formula is C14H19NO4. The molecule has 1 aromatic rings. The van der Waals surface area contributed by atoms with Crippen LogP contribution < -0.4 is 5.32 Å². The highest BCUT2D eigenvalue weighted by molar-refractivity contribution is 5.75. The van der Waals surface area contributed by atoms with Crippen molar-refractivity contribution in [2.75, 3.05) is 0 Å². The van der Waals surface area contributed by atoms with Crippen LogP contribution in [0.25, 0.3) is 0 Å². The Bertz CT molecular complexity index is 441. The van der Waals surface area contributed by atoms with E-state index in [0.29, 0.717) is 18.4 Å². The van der Waals surface area contributed by atoms with Crippen molar-refractivity contribution in [2.45, 2.75) is 43.9 Å². The fourth-order valence-corrected chi connectivity index (χ4v) is 2.49. The molecule has 0 heterocycles. The number of benzene rings is 1. The van der Waals surface area contributed by atoms with Crippen LogP contribution in [0.4, 0.5) is 0 Å². The van der Waals surface area contributed by atoms with E-state index in [1.165, 1.54) is 12.1 Å². The third kappa shape index (κ3) is 3.68. The second-order valence-electron chi connectivity index (χ2n) is 5.04. The number of aromatic hydroxyl groups is 1. The maximum Gasteiger partial charge on any atom is 0.325 e. The lowest BCUT2D eigenvalue weighted by Crippen LogP contribution is -2.40. The number of rotatable bonds is 4. The summed E-state index contributed by atoms with van der Waals surface area (Å²) in [5, 5.41) is 31.3. The number of phenolic OH excluding ortho intramolecular Hbond substituents is 1. The minimum Gasteiger partial charge on any atom is -0.508 e. The van der Waals surface area contributed by atoms with Gasteiger partial charge in [0.15, 0.2) is 0 Å². The van der Waals surface area contributed by atoms with Crippen LogP contribution in [0, 0.1) is 0 Å². The number of aliphatic hydroxyl groups excluding tert-OH is 1. The smallest absolute Gasteiger partial charge is 0.325 e. The number of carboxylic acids is 1. The molecule has 19 heavy (non-hydrogen) atoms. The van der Waals surface area contributed by atoms with Gasteiger partial charge in [0.2, 0.25) is 0 Å². The molecule has 0 spiro atoms. The molecule has 0 radical (unpaired) electrons. The van der Waals surface area contributed by atoms with Crippen LogP contribution in [-0.2, 0) is 4.79 Å². The topological polar surface area (TPSA) is 89.8 Å². The van der Waals surface area contributed by atoms with Gasteiger partial charge in [0.1, 0.15) is 11.8 Å². The molecule has 104 valence electrons. The zero-order valence-electron chi connectivity index (χ0n) is 10.6. The highest BCUT2D eigenvalue weighted by atomic mass is 16.4. The molecule has 0 amide bonds. The summed E-state index contributed by atoms with van der Waals surface area (Å²) in [7, 11) is 0. The second-order valence-corrected chi connectivity index (χ2v) is 5.04. The lowest BCUT2D eigenvalue weighted by Gasteiger charge is -2.29. The molecular weight excluding hydrogens is 246 g/mol. The molecule has 0 aromatic heterocycles. The predicted molar refractivity (Wildman–Crippen MR) is 69.9 cm³/mol. The number of nitrogens with one attached hydrogen (secondary N) is 1. The Kier molecular flexibility index (Phi) is 4.39. The average Bonchev–Trinajstić information content (AvgIpc) is 2.37. The van der Waals surface area contributed by atoms with Crippen molar-refractivity contribution in [3.05, 3.63) is 29.8 Å². The number of phenols is 1. The van der Waals surface area contributed by atoms with Gasteiger partial charge in [-0.05, 0) is 43.4 Å². The standard InChI is InChI=1S/C14H19NO4/c16-11-6-4-10(5-7-11)15-13(14(18)19)9-2-1-3-12(17)8-9/h1-3,8,10-11,13,15-17H,4-7H2,(H,18,19). The van der Waals surface area contributed by atoms with E-state index >= 15 is 0 Å². The Morgan fingerprint density at radius 3 is 2.53 bits per heavy atom. The zero-order chi connectivity index (χ0) is 13.8. The van der Waals surface area contributed by atoms with Crippen LogP contribution in [0.3, 0.4) is 0 Å². The summed E-state index contributed by atoms with van der Waals surface area (Å²) in [4.78, 5) is 11.4. The van der Waals surface area contributed by atoms with Gasteiger partial charge < -0.3 is 15.3 Å². The fraction of sp³-hybridized carbons (Fsp3) is 0.500. The molecule has 0 aliphatic heterocycles. The van der Waals surface area contributed by atoms with Gasteiger partial charge in [-0.3, -0.25) is 10.1 Å². The molecule has 1 saturated carbocycles. The maximum atomic E-state index is 11.4. The molecule has 5 nitrogen and oxygen atoms in total. The molecule has 0 saturated heterocycles. The van der Waals surface area contributed by atoms with Gasteiger partial charge in [0.25, 0.3) is 0 Å².